The SMILES string of the molecule is CCCCCCCCCCOc1ccc(C(=O)Oc2ccc3c(c2)CCC(C(=O)OC2c4ccccc4CCC2C(=O)O)C3)cc1. The van der Waals surface area contributed by atoms with E-state index in [-0.39, 0.29) is 11.9 Å². The fourth-order valence-electron chi connectivity index (χ4n) is 6.61. The molecule has 0 aliphatic heterocycles. The van der Waals surface area contributed by atoms with E-state index in [4.69, 9.17) is 14.2 Å². The molecule has 7 heteroatoms. The number of carbonyl (C=O) groups is 3. The van der Waals surface area contributed by atoms with E-state index in [1.54, 1.807) is 30.3 Å². The standard InChI is InChI=1S/C39H46O7/c1-2-3-4-5-6-7-8-11-24-44-32-20-16-28(17-21-32)38(42)45-33-22-18-29-25-31(15-14-30(29)26-33)39(43)46-36-34-13-10-9-12-27(34)19-23-35(36)37(40)41/h9-10,12-13,16-18,20-22,26,31,35-36H,2-8,11,14-15,19,23-25H2,1H3,(H,40,41). The molecule has 0 spiro atoms. The van der Waals surface area contributed by atoms with Crippen LogP contribution in [-0.2, 0) is 33.6 Å². The average Bonchev–Trinajstić information content (AvgIpc) is 3.07. The monoisotopic (exact) mass is 626 g/mol. The van der Waals surface area contributed by atoms with E-state index in [0.29, 0.717) is 50.0 Å². The van der Waals surface area contributed by atoms with E-state index in [1.807, 2.05) is 36.4 Å². The van der Waals surface area contributed by atoms with Crippen molar-refractivity contribution in [3.8, 4) is 11.5 Å². The van der Waals surface area contributed by atoms with Gasteiger partial charge in [0.2, 0.25) is 0 Å². The Morgan fingerprint density at radius 2 is 1.46 bits per heavy atom. The molecular weight excluding hydrogens is 580 g/mol. The lowest BCUT2D eigenvalue weighted by atomic mass is 9.80. The zero-order valence-corrected chi connectivity index (χ0v) is 26.9. The summed E-state index contributed by atoms with van der Waals surface area (Å²) in [7, 11) is 0. The van der Waals surface area contributed by atoms with Crippen LogP contribution in [0.25, 0.3) is 0 Å². The van der Waals surface area contributed by atoms with Crippen LogP contribution in [0.1, 0.15) is 110 Å². The first-order valence-corrected chi connectivity index (χ1v) is 17.0. The number of carbonyl (C=O) groups excluding carboxylic acids is 2. The number of hydrogen-bond donors (Lipinski definition) is 1. The van der Waals surface area contributed by atoms with Gasteiger partial charge in [0.1, 0.15) is 17.6 Å². The van der Waals surface area contributed by atoms with E-state index in [0.717, 1.165) is 34.4 Å². The van der Waals surface area contributed by atoms with Gasteiger partial charge < -0.3 is 19.3 Å². The molecule has 0 radical (unpaired) electrons. The van der Waals surface area contributed by atoms with Crippen LogP contribution in [0.2, 0.25) is 0 Å². The molecule has 0 saturated carbocycles. The largest absolute Gasteiger partial charge is 0.494 e. The van der Waals surface area contributed by atoms with Crippen LogP contribution < -0.4 is 9.47 Å². The highest BCUT2D eigenvalue weighted by Crippen LogP contribution is 2.39. The van der Waals surface area contributed by atoms with Crippen molar-refractivity contribution in [1.29, 1.82) is 0 Å². The van der Waals surface area contributed by atoms with Gasteiger partial charge in [0.25, 0.3) is 0 Å². The van der Waals surface area contributed by atoms with Gasteiger partial charge in [0.05, 0.1) is 24.0 Å². The van der Waals surface area contributed by atoms with Gasteiger partial charge in [-0.25, -0.2) is 4.79 Å². The minimum absolute atomic E-state index is 0.360. The van der Waals surface area contributed by atoms with Gasteiger partial charge in [-0.15, -0.1) is 0 Å². The van der Waals surface area contributed by atoms with Crippen LogP contribution in [0, 0.1) is 11.8 Å². The highest BCUT2D eigenvalue weighted by molar-refractivity contribution is 5.91. The maximum absolute atomic E-state index is 13.3. The highest BCUT2D eigenvalue weighted by atomic mass is 16.5. The van der Waals surface area contributed by atoms with Gasteiger partial charge in [-0.2, -0.15) is 0 Å². The highest BCUT2D eigenvalue weighted by Gasteiger charge is 2.39. The van der Waals surface area contributed by atoms with Gasteiger partial charge in [-0.3, -0.25) is 9.59 Å². The number of esters is 2. The minimum atomic E-state index is -0.943. The zero-order valence-electron chi connectivity index (χ0n) is 26.9. The van der Waals surface area contributed by atoms with Crippen LogP contribution >= 0.6 is 0 Å². The maximum Gasteiger partial charge on any atom is 0.343 e. The normalized spacial score (nSPS) is 18.6. The van der Waals surface area contributed by atoms with E-state index >= 15 is 0 Å². The van der Waals surface area contributed by atoms with Crippen molar-refractivity contribution in [3.05, 3.63) is 94.5 Å². The lowest BCUT2D eigenvalue weighted by Gasteiger charge is -2.32. The summed E-state index contributed by atoms with van der Waals surface area (Å²) in [5.41, 5.74) is 4.31. The van der Waals surface area contributed by atoms with Crippen molar-refractivity contribution in [2.45, 2.75) is 96.5 Å². The molecule has 0 amide bonds. The first kappa shape index (κ1) is 33.2. The van der Waals surface area contributed by atoms with Gasteiger partial charge in [0, 0.05) is 0 Å². The Bertz CT molecular complexity index is 1480. The molecule has 244 valence electrons. The summed E-state index contributed by atoms with van der Waals surface area (Å²) in [5.74, 6) is -1.65. The number of carboxylic acid groups (broad SMARTS) is 1. The Balaban J connectivity index is 1.09. The quantitative estimate of drug-likeness (QED) is 0.103. The second-order valence-electron chi connectivity index (χ2n) is 12.6. The van der Waals surface area contributed by atoms with E-state index < -0.39 is 24.0 Å². The predicted octanol–water partition coefficient (Wildman–Crippen LogP) is 8.46. The fourth-order valence-corrected chi connectivity index (χ4v) is 6.61. The summed E-state index contributed by atoms with van der Waals surface area (Å²) in [6.07, 6.45) is 12.0. The Hall–Kier alpha value is -4.13. The molecule has 3 aromatic carbocycles. The smallest absolute Gasteiger partial charge is 0.343 e. The third-order valence-corrected chi connectivity index (χ3v) is 9.32. The van der Waals surface area contributed by atoms with Gasteiger partial charge in [-0.1, -0.05) is 82.2 Å². The number of carboxylic acids is 1. The van der Waals surface area contributed by atoms with Crippen molar-refractivity contribution in [1.82, 2.24) is 0 Å². The number of aliphatic carboxylic acids is 1. The Labute approximate surface area is 272 Å². The molecule has 5 rings (SSSR count). The van der Waals surface area contributed by atoms with Crippen molar-refractivity contribution >= 4 is 17.9 Å². The summed E-state index contributed by atoms with van der Waals surface area (Å²) < 4.78 is 17.5. The van der Waals surface area contributed by atoms with Crippen LogP contribution in [0.15, 0.2) is 66.7 Å². The minimum Gasteiger partial charge on any atom is -0.494 e. The number of hydrogen-bond acceptors (Lipinski definition) is 6. The summed E-state index contributed by atoms with van der Waals surface area (Å²) in [6.45, 7) is 2.91. The zero-order chi connectivity index (χ0) is 32.3. The summed E-state index contributed by atoms with van der Waals surface area (Å²) >= 11 is 0. The molecule has 0 aromatic heterocycles. The molecular formula is C39H46O7. The number of ether oxygens (including phenoxy) is 3. The molecule has 7 nitrogen and oxygen atoms in total. The number of fused-ring (bicyclic) bond motifs is 2. The van der Waals surface area contributed by atoms with Crippen molar-refractivity contribution < 1.29 is 33.7 Å². The van der Waals surface area contributed by atoms with Crippen LogP contribution in [0.3, 0.4) is 0 Å². The second-order valence-corrected chi connectivity index (χ2v) is 12.6. The van der Waals surface area contributed by atoms with E-state index in [1.165, 1.54) is 44.9 Å². The topological polar surface area (TPSA) is 99.1 Å². The molecule has 2 aliphatic carbocycles. The first-order valence-electron chi connectivity index (χ1n) is 17.0. The summed E-state index contributed by atoms with van der Waals surface area (Å²) in [5, 5.41) is 9.81. The Morgan fingerprint density at radius 3 is 2.22 bits per heavy atom. The van der Waals surface area contributed by atoms with Gasteiger partial charge in [0.15, 0.2) is 0 Å². The van der Waals surface area contributed by atoms with Gasteiger partial charge >= 0.3 is 17.9 Å². The molecule has 46 heavy (non-hydrogen) atoms. The van der Waals surface area contributed by atoms with Crippen LogP contribution in [0.4, 0.5) is 0 Å². The number of aryl methyl sites for hydroxylation is 2. The summed E-state index contributed by atoms with van der Waals surface area (Å²) in [4.78, 5) is 38.1. The molecule has 3 unspecified atom stereocenters. The molecule has 1 N–H and O–H groups in total. The molecule has 0 heterocycles. The number of benzene rings is 3. The molecule has 0 saturated heterocycles. The van der Waals surface area contributed by atoms with Crippen molar-refractivity contribution in [3.63, 3.8) is 0 Å². The average molecular weight is 627 g/mol. The first-order chi connectivity index (χ1) is 22.4. The lowest BCUT2D eigenvalue weighted by molar-refractivity contribution is -0.164. The number of unbranched alkanes of at least 4 members (excludes halogenated alkanes) is 7. The van der Waals surface area contributed by atoms with Crippen LogP contribution in [0.5, 0.6) is 11.5 Å². The third-order valence-electron chi connectivity index (χ3n) is 9.32. The molecule has 3 atom stereocenters. The Kier molecular flexibility index (Phi) is 11.9. The van der Waals surface area contributed by atoms with E-state index in [2.05, 4.69) is 6.92 Å². The van der Waals surface area contributed by atoms with Crippen LogP contribution in [-0.4, -0.2) is 29.6 Å². The molecule has 2 aliphatic rings. The fraction of sp³-hybridized carbons (Fsp3) is 0.462. The second kappa shape index (κ2) is 16.4. The van der Waals surface area contributed by atoms with E-state index in [9.17, 15) is 19.5 Å². The van der Waals surface area contributed by atoms with Gasteiger partial charge in [-0.05, 0) is 97.2 Å². The lowest BCUT2D eigenvalue weighted by Crippen LogP contribution is -2.33. The third kappa shape index (κ3) is 8.77. The van der Waals surface area contributed by atoms with Crippen molar-refractivity contribution in [2.24, 2.45) is 11.8 Å². The summed E-state index contributed by atoms with van der Waals surface area (Å²) in [6, 6.07) is 20.2. The predicted molar refractivity (Wildman–Crippen MR) is 176 cm³/mol. The molecule has 0 fully saturated rings. The van der Waals surface area contributed by atoms with Crippen molar-refractivity contribution in [2.75, 3.05) is 6.61 Å². The molecule has 3 aromatic rings. The maximum atomic E-state index is 13.3. The molecule has 0 bridgehead atoms. The number of rotatable bonds is 15. The Morgan fingerprint density at radius 1 is 0.761 bits per heavy atom.